The summed E-state index contributed by atoms with van der Waals surface area (Å²) in [4.78, 5) is 11.5. The molecule has 0 amide bonds. The minimum atomic E-state index is -0.311. The van der Waals surface area contributed by atoms with Crippen molar-refractivity contribution in [3.8, 4) is 0 Å². The molecule has 0 radical (unpaired) electrons. The lowest BCUT2D eigenvalue weighted by Gasteiger charge is -2.13. The molecule has 0 bridgehead atoms. The van der Waals surface area contributed by atoms with Crippen LogP contribution in [0.1, 0.15) is 31.3 Å². The Balaban J connectivity index is 2.88. The van der Waals surface area contributed by atoms with Crippen LogP contribution in [0.25, 0.3) is 0 Å². The summed E-state index contributed by atoms with van der Waals surface area (Å²) in [5.74, 6) is 0.110. The smallest absolute Gasteiger partial charge is 0.187 e. The fraction of sp³-hybridized carbons (Fsp3) is 0.500. The van der Waals surface area contributed by atoms with Crippen LogP contribution in [0.3, 0.4) is 0 Å². The van der Waals surface area contributed by atoms with Gasteiger partial charge in [0, 0.05) is 10.8 Å². The molecule has 0 unspecified atom stereocenters. The summed E-state index contributed by atoms with van der Waals surface area (Å²) in [6, 6.07) is 1.76. The van der Waals surface area contributed by atoms with Crippen LogP contribution in [0.2, 0.25) is 0 Å². The van der Waals surface area contributed by atoms with Crippen molar-refractivity contribution in [2.24, 2.45) is 5.41 Å². The molecular weight excluding hydrogens is 158 g/mol. The van der Waals surface area contributed by atoms with E-state index in [2.05, 4.69) is 4.37 Å². The maximum absolute atomic E-state index is 11.5. The first-order chi connectivity index (χ1) is 5.02. The highest BCUT2D eigenvalue weighted by Crippen LogP contribution is 2.19. The van der Waals surface area contributed by atoms with Gasteiger partial charge in [-0.1, -0.05) is 20.8 Å². The van der Waals surface area contributed by atoms with Gasteiger partial charge in [-0.25, -0.2) is 0 Å². The molecule has 0 spiro atoms. The third-order valence-corrected chi connectivity index (χ3v) is 1.91. The first-order valence-electron chi connectivity index (χ1n) is 3.47. The monoisotopic (exact) mass is 169 g/mol. The van der Waals surface area contributed by atoms with Crippen LogP contribution in [0.5, 0.6) is 0 Å². The Hall–Kier alpha value is -0.700. The lowest BCUT2D eigenvalue weighted by molar-refractivity contribution is 0.0854. The van der Waals surface area contributed by atoms with Crippen LogP contribution in [0, 0.1) is 5.41 Å². The van der Waals surface area contributed by atoms with E-state index in [0.29, 0.717) is 5.69 Å². The van der Waals surface area contributed by atoms with Gasteiger partial charge < -0.3 is 0 Å². The Kier molecular flexibility index (Phi) is 2.09. The van der Waals surface area contributed by atoms with E-state index in [9.17, 15) is 4.79 Å². The number of Topliss-reactive ketones (excluding diaryl/α,β-unsaturated/α-hetero) is 1. The molecule has 1 heterocycles. The number of carbonyl (C=O) groups excluding carboxylic acids is 1. The Morgan fingerprint density at radius 1 is 1.55 bits per heavy atom. The second-order valence-corrected chi connectivity index (χ2v) is 4.13. The molecule has 0 fully saturated rings. The van der Waals surface area contributed by atoms with Gasteiger partial charge in [-0.15, -0.1) is 0 Å². The topological polar surface area (TPSA) is 30.0 Å². The van der Waals surface area contributed by atoms with Crippen LogP contribution in [0.15, 0.2) is 11.4 Å². The van der Waals surface area contributed by atoms with Crippen molar-refractivity contribution in [3.63, 3.8) is 0 Å². The summed E-state index contributed by atoms with van der Waals surface area (Å²) in [6.45, 7) is 5.69. The number of hydrogen-bond acceptors (Lipinski definition) is 3. The van der Waals surface area contributed by atoms with Crippen LogP contribution in [0.4, 0.5) is 0 Å². The van der Waals surface area contributed by atoms with Gasteiger partial charge in [-0.3, -0.25) is 4.79 Å². The van der Waals surface area contributed by atoms with Crippen LogP contribution < -0.4 is 0 Å². The predicted molar refractivity (Wildman–Crippen MR) is 45.9 cm³/mol. The molecule has 60 valence electrons. The Morgan fingerprint density at radius 2 is 2.18 bits per heavy atom. The summed E-state index contributed by atoms with van der Waals surface area (Å²) in [5.41, 5.74) is 0.274. The SMILES string of the molecule is CC(C)(C)C(=O)c1ccsn1. The maximum atomic E-state index is 11.5. The lowest BCUT2D eigenvalue weighted by atomic mass is 9.89. The molecule has 11 heavy (non-hydrogen) atoms. The number of ketones is 1. The van der Waals surface area contributed by atoms with Crippen molar-refractivity contribution in [3.05, 3.63) is 17.1 Å². The van der Waals surface area contributed by atoms with Crippen LogP contribution in [-0.2, 0) is 0 Å². The van der Waals surface area contributed by atoms with Crippen molar-refractivity contribution in [1.82, 2.24) is 4.37 Å². The number of nitrogens with zero attached hydrogens (tertiary/aromatic N) is 1. The molecule has 0 aromatic carbocycles. The molecule has 0 aliphatic heterocycles. The molecule has 0 N–H and O–H groups in total. The van der Waals surface area contributed by atoms with E-state index in [1.165, 1.54) is 11.5 Å². The molecule has 2 nitrogen and oxygen atoms in total. The van der Waals surface area contributed by atoms with Gasteiger partial charge in [0.2, 0.25) is 0 Å². The van der Waals surface area contributed by atoms with E-state index in [1.54, 1.807) is 6.07 Å². The van der Waals surface area contributed by atoms with E-state index in [0.717, 1.165) is 0 Å². The molecule has 1 rings (SSSR count). The van der Waals surface area contributed by atoms with Gasteiger partial charge in [0.05, 0.1) is 0 Å². The first kappa shape index (κ1) is 8.40. The third kappa shape index (κ3) is 1.87. The van der Waals surface area contributed by atoms with Crippen LogP contribution in [-0.4, -0.2) is 10.2 Å². The minimum Gasteiger partial charge on any atom is -0.292 e. The van der Waals surface area contributed by atoms with Gasteiger partial charge in [0.1, 0.15) is 5.69 Å². The molecule has 0 aliphatic carbocycles. The van der Waals surface area contributed by atoms with Crippen molar-refractivity contribution < 1.29 is 4.79 Å². The summed E-state index contributed by atoms with van der Waals surface area (Å²) in [6.07, 6.45) is 0. The van der Waals surface area contributed by atoms with Gasteiger partial charge in [-0.05, 0) is 17.6 Å². The Labute approximate surface area is 70.4 Å². The summed E-state index contributed by atoms with van der Waals surface area (Å²) in [5, 5.41) is 1.82. The summed E-state index contributed by atoms with van der Waals surface area (Å²) in [7, 11) is 0. The average Bonchev–Trinajstić information content (AvgIpc) is 2.34. The zero-order chi connectivity index (χ0) is 8.48. The zero-order valence-corrected chi connectivity index (χ0v) is 7.73. The van der Waals surface area contributed by atoms with Crippen molar-refractivity contribution >= 4 is 17.3 Å². The molecular formula is C8H11NOS. The van der Waals surface area contributed by atoms with E-state index in [-0.39, 0.29) is 11.2 Å². The number of carbonyl (C=O) groups is 1. The molecule has 0 saturated heterocycles. The average molecular weight is 169 g/mol. The zero-order valence-electron chi connectivity index (χ0n) is 6.92. The first-order valence-corrected chi connectivity index (χ1v) is 4.30. The van der Waals surface area contributed by atoms with Crippen LogP contribution >= 0.6 is 11.5 Å². The lowest BCUT2D eigenvalue weighted by Crippen LogP contribution is -2.20. The molecule has 0 saturated carbocycles. The second-order valence-electron chi connectivity index (χ2n) is 3.46. The van der Waals surface area contributed by atoms with Gasteiger partial charge >= 0.3 is 0 Å². The van der Waals surface area contributed by atoms with Gasteiger partial charge in [-0.2, -0.15) is 4.37 Å². The van der Waals surface area contributed by atoms with Gasteiger partial charge in [0.15, 0.2) is 5.78 Å². The quantitative estimate of drug-likeness (QED) is 0.604. The van der Waals surface area contributed by atoms with Crippen molar-refractivity contribution in [2.75, 3.05) is 0 Å². The van der Waals surface area contributed by atoms with E-state index in [1.807, 2.05) is 26.2 Å². The largest absolute Gasteiger partial charge is 0.292 e. The Bertz CT molecular complexity index is 246. The summed E-state index contributed by atoms with van der Waals surface area (Å²) >= 11 is 1.31. The molecule has 1 aromatic rings. The van der Waals surface area contributed by atoms with E-state index < -0.39 is 0 Å². The standard InChI is InChI=1S/C8H11NOS/c1-8(2,3)7(10)6-4-5-11-9-6/h4-5H,1-3H3. The fourth-order valence-corrected chi connectivity index (χ4v) is 1.22. The molecule has 3 heteroatoms. The molecule has 0 aliphatic rings. The minimum absolute atomic E-state index is 0.110. The summed E-state index contributed by atoms with van der Waals surface area (Å²) < 4.78 is 3.97. The highest BCUT2D eigenvalue weighted by Gasteiger charge is 2.23. The molecule has 0 atom stereocenters. The highest BCUT2D eigenvalue weighted by molar-refractivity contribution is 7.03. The van der Waals surface area contributed by atoms with E-state index in [4.69, 9.17) is 0 Å². The highest BCUT2D eigenvalue weighted by atomic mass is 32.1. The maximum Gasteiger partial charge on any atom is 0.187 e. The van der Waals surface area contributed by atoms with Crippen molar-refractivity contribution in [2.45, 2.75) is 20.8 Å². The normalized spacial score (nSPS) is 11.5. The van der Waals surface area contributed by atoms with Crippen molar-refractivity contribution in [1.29, 1.82) is 0 Å². The number of aromatic nitrogens is 1. The second kappa shape index (κ2) is 2.74. The Morgan fingerprint density at radius 3 is 2.55 bits per heavy atom. The number of hydrogen-bond donors (Lipinski definition) is 0. The molecule has 1 aromatic heterocycles. The fourth-order valence-electron chi connectivity index (χ4n) is 0.714. The predicted octanol–water partition coefficient (Wildman–Crippen LogP) is 2.37. The van der Waals surface area contributed by atoms with E-state index >= 15 is 0 Å². The number of rotatable bonds is 1. The third-order valence-electron chi connectivity index (χ3n) is 1.35. The van der Waals surface area contributed by atoms with Gasteiger partial charge in [0.25, 0.3) is 0 Å².